The van der Waals surface area contributed by atoms with Crippen molar-refractivity contribution in [1.29, 1.82) is 0 Å². The van der Waals surface area contributed by atoms with Crippen LogP contribution in [0.5, 0.6) is 0 Å². The first-order valence-corrected chi connectivity index (χ1v) is 10.7. The molecule has 166 valence electrons. The average molecular weight is 422 g/mol. The van der Waals surface area contributed by atoms with E-state index in [9.17, 15) is 30.0 Å². The second-order valence-electron chi connectivity index (χ2n) is 10.5. The van der Waals surface area contributed by atoms with Gasteiger partial charge in [0.05, 0.1) is 30.8 Å². The lowest BCUT2D eigenvalue weighted by molar-refractivity contribution is -0.457. The van der Waals surface area contributed by atoms with Crippen LogP contribution in [0.2, 0.25) is 0 Å². The highest BCUT2D eigenvalue weighted by Crippen LogP contribution is 2.76. The van der Waals surface area contributed by atoms with E-state index in [0.717, 1.165) is 0 Å². The summed E-state index contributed by atoms with van der Waals surface area (Å²) in [4.78, 5) is 25.0. The largest absolute Gasteiger partial charge is 0.465 e. The minimum absolute atomic E-state index is 0.00764. The van der Waals surface area contributed by atoms with Crippen LogP contribution in [0.25, 0.3) is 0 Å². The molecule has 2 saturated heterocycles. The molecule has 6 fully saturated rings. The summed E-state index contributed by atoms with van der Waals surface area (Å²) < 4.78 is 11.2. The SMILES string of the molecule is C=C1C(=O)[C@]23C[C@H]1C[C@@H](O)[C@H]2[C@@]12CO[C@]3(O)[C@@H](O)[C@@H]1[C@](C)(COC(C)=O)CC[C@@H]2O. The van der Waals surface area contributed by atoms with Crippen molar-refractivity contribution in [3.05, 3.63) is 12.2 Å². The third-order valence-corrected chi connectivity index (χ3v) is 9.22. The topological polar surface area (TPSA) is 134 Å². The molecule has 0 aromatic heterocycles. The summed E-state index contributed by atoms with van der Waals surface area (Å²) >= 11 is 0. The van der Waals surface area contributed by atoms with Gasteiger partial charge in [-0.3, -0.25) is 9.59 Å². The van der Waals surface area contributed by atoms with E-state index in [1.54, 1.807) is 0 Å². The predicted octanol–water partition coefficient (Wildman–Crippen LogP) is -0.0812. The van der Waals surface area contributed by atoms with Gasteiger partial charge in [0, 0.05) is 29.6 Å². The number of fused-ring (bicyclic) bond motifs is 2. The van der Waals surface area contributed by atoms with Crippen molar-refractivity contribution in [3.63, 3.8) is 0 Å². The van der Waals surface area contributed by atoms with Gasteiger partial charge in [-0.2, -0.15) is 0 Å². The molecule has 4 aliphatic carbocycles. The fraction of sp³-hybridized carbons (Fsp3) is 0.818. The van der Waals surface area contributed by atoms with Gasteiger partial charge in [-0.15, -0.1) is 0 Å². The number of Topliss-reactive ketones (excluding diaryl/α,β-unsaturated/α-hetero) is 1. The molecular weight excluding hydrogens is 392 g/mol. The lowest BCUT2D eigenvalue weighted by Gasteiger charge is -2.74. The van der Waals surface area contributed by atoms with E-state index < -0.39 is 58.1 Å². The highest BCUT2D eigenvalue weighted by Gasteiger charge is 2.86. The van der Waals surface area contributed by atoms with Gasteiger partial charge in [0.15, 0.2) is 5.78 Å². The molecule has 2 heterocycles. The standard InChI is InChI=1S/C22H30O8/c1-10-12-6-13(24)15-20-9-30-22(28,21(15,7-12)17(10)26)18(27)16(20)19(3,5-4-14(20)25)8-29-11(2)23/h12-16,18,24-25,27-28H,1,4-9H2,2-3H3/t12-,13-,14+,15+,16-,18+,19+,20+,21+,22-/m1/s1. The Kier molecular flexibility index (Phi) is 4.06. The molecule has 8 nitrogen and oxygen atoms in total. The number of carbonyl (C=O) groups is 2. The van der Waals surface area contributed by atoms with Crippen LogP contribution in [-0.2, 0) is 19.1 Å². The summed E-state index contributed by atoms with van der Waals surface area (Å²) in [6, 6.07) is 0. The zero-order valence-electron chi connectivity index (χ0n) is 17.3. The normalized spacial score (nSPS) is 56.5. The number of ketones is 1. The second-order valence-corrected chi connectivity index (χ2v) is 10.5. The van der Waals surface area contributed by atoms with E-state index in [2.05, 4.69) is 6.58 Å². The molecule has 4 saturated carbocycles. The highest BCUT2D eigenvalue weighted by molar-refractivity contribution is 6.04. The molecule has 8 heteroatoms. The molecule has 0 amide bonds. The van der Waals surface area contributed by atoms with Crippen molar-refractivity contribution in [3.8, 4) is 0 Å². The lowest BCUT2D eigenvalue weighted by Crippen LogP contribution is -2.85. The fourth-order valence-corrected chi connectivity index (χ4v) is 8.14. The van der Waals surface area contributed by atoms with Gasteiger partial charge < -0.3 is 29.9 Å². The minimum atomic E-state index is -2.20. The Hall–Kier alpha value is -1.32. The molecule has 2 aliphatic heterocycles. The van der Waals surface area contributed by atoms with Crippen LogP contribution >= 0.6 is 0 Å². The van der Waals surface area contributed by atoms with Gasteiger partial charge in [0.1, 0.15) is 6.10 Å². The van der Waals surface area contributed by atoms with Crippen molar-refractivity contribution in [2.45, 2.75) is 63.6 Å². The Morgan fingerprint density at radius 1 is 1.30 bits per heavy atom. The number of carbonyl (C=O) groups excluding carboxylic acids is 2. The zero-order chi connectivity index (χ0) is 21.9. The number of allylic oxidation sites excluding steroid dienone is 1. The molecule has 2 spiro atoms. The van der Waals surface area contributed by atoms with Crippen LogP contribution in [0.15, 0.2) is 12.2 Å². The number of aliphatic hydroxyl groups excluding tert-OH is 3. The maximum absolute atomic E-state index is 13.5. The van der Waals surface area contributed by atoms with Crippen molar-refractivity contribution < 1.29 is 39.5 Å². The Morgan fingerprint density at radius 3 is 2.67 bits per heavy atom. The summed E-state index contributed by atoms with van der Waals surface area (Å²) in [5.41, 5.74) is -3.11. The molecule has 4 bridgehead atoms. The fourth-order valence-electron chi connectivity index (χ4n) is 8.14. The van der Waals surface area contributed by atoms with Gasteiger partial charge in [-0.25, -0.2) is 0 Å². The Bertz CT molecular complexity index is 841. The maximum Gasteiger partial charge on any atom is 0.302 e. The number of hydrogen-bond acceptors (Lipinski definition) is 8. The number of rotatable bonds is 2. The Morgan fingerprint density at radius 2 is 2.00 bits per heavy atom. The summed E-state index contributed by atoms with van der Waals surface area (Å²) in [7, 11) is 0. The van der Waals surface area contributed by atoms with Crippen molar-refractivity contribution in [2.75, 3.05) is 13.2 Å². The third kappa shape index (κ3) is 2.00. The number of esters is 1. The third-order valence-electron chi connectivity index (χ3n) is 9.22. The molecular formula is C22H30O8. The van der Waals surface area contributed by atoms with Crippen LogP contribution in [0, 0.1) is 34.0 Å². The van der Waals surface area contributed by atoms with E-state index in [1.165, 1.54) is 6.92 Å². The monoisotopic (exact) mass is 422 g/mol. The van der Waals surface area contributed by atoms with Crippen molar-refractivity contribution >= 4 is 11.8 Å². The molecule has 0 aromatic carbocycles. The summed E-state index contributed by atoms with van der Waals surface area (Å²) in [5, 5.41) is 45.8. The Labute approximate surface area is 174 Å². The number of ether oxygens (including phenoxy) is 2. The van der Waals surface area contributed by atoms with E-state index >= 15 is 0 Å². The van der Waals surface area contributed by atoms with Crippen molar-refractivity contribution in [2.24, 2.45) is 34.0 Å². The smallest absolute Gasteiger partial charge is 0.302 e. The molecule has 0 radical (unpaired) electrons. The lowest BCUT2D eigenvalue weighted by atomic mass is 9.35. The van der Waals surface area contributed by atoms with Crippen LogP contribution < -0.4 is 0 Å². The summed E-state index contributed by atoms with van der Waals surface area (Å²) in [6.45, 7) is 7.00. The van der Waals surface area contributed by atoms with Gasteiger partial charge in [0.25, 0.3) is 0 Å². The van der Waals surface area contributed by atoms with Crippen LogP contribution in [0.1, 0.15) is 39.5 Å². The van der Waals surface area contributed by atoms with Gasteiger partial charge in [-0.05, 0) is 37.2 Å². The van der Waals surface area contributed by atoms with E-state index in [-0.39, 0.29) is 31.3 Å². The molecule has 6 aliphatic rings. The quantitative estimate of drug-likeness (QED) is 0.359. The average Bonchev–Trinajstić information content (AvgIpc) is 2.88. The molecule has 4 N–H and O–H groups in total. The van der Waals surface area contributed by atoms with Crippen LogP contribution in [-0.4, -0.2) is 69.5 Å². The van der Waals surface area contributed by atoms with Gasteiger partial charge in [-0.1, -0.05) is 13.5 Å². The molecule has 0 unspecified atom stereocenters. The van der Waals surface area contributed by atoms with E-state index in [0.29, 0.717) is 24.8 Å². The summed E-state index contributed by atoms with van der Waals surface area (Å²) in [5.74, 6) is -4.84. The van der Waals surface area contributed by atoms with Crippen LogP contribution in [0.4, 0.5) is 0 Å². The second kappa shape index (κ2) is 5.92. The Balaban J connectivity index is 1.72. The zero-order valence-corrected chi connectivity index (χ0v) is 17.3. The first-order chi connectivity index (χ1) is 14.0. The minimum Gasteiger partial charge on any atom is -0.465 e. The highest BCUT2D eigenvalue weighted by atomic mass is 16.6. The number of hydrogen-bond donors (Lipinski definition) is 4. The first kappa shape index (κ1) is 20.6. The maximum atomic E-state index is 13.5. The molecule has 30 heavy (non-hydrogen) atoms. The van der Waals surface area contributed by atoms with Crippen LogP contribution in [0.3, 0.4) is 0 Å². The molecule has 6 rings (SSSR count). The van der Waals surface area contributed by atoms with Gasteiger partial charge in [0.2, 0.25) is 5.79 Å². The number of aliphatic hydroxyl groups is 4. The molecule has 0 aromatic rings. The predicted molar refractivity (Wildman–Crippen MR) is 102 cm³/mol. The van der Waals surface area contributed by atoms with E-state index in [1.807, 2.05) is 6.92 Å². The van der Waals surface area contributed by atoms with Gasteiger partial charge >= 0.3 is 5.97 Å². The van der Waals surface area contributed by atoms with Crippen molar-refractivity contribution in [1.82, 2.24) is 0 Å². The van der Waals surface area contributed by atoms with E-state index in [4.69, 9.17) is 9.47 Å². The summed E-state index contributed by atoms with van der Waals surface area (Å²) in [6.07, 6.45) is -2.02. The molecule has 10 atom stereocenters. The first-order valence-electron chi connectivity index (χ1n) is 10.7.